The first-order chi connectivity index (χ1) is 13.7. The number of fused-ring (bicyclic) bond motifs is 2. The average molecular weight is 407 g/mol. The lowest BCUT2D eigenvalue weighted by atomic mass is 10.1. The molecule has 144 valence electrons. The van der Waals surface area contributed by atoms with Crippen LogP contribution in [0.3, 0.4) is 0 Å². The van der Waals surface area contributed by atoms with Gasteiger partial charge in [0.25, 0.3) is 0 Å². The zero-order valence-corrected chi connectivity index (χ0v) is 16.0. The number of rotatable bonds is 2. The molecule has 29 heavy (non-hydrogen) atoms. The second kappa shape index (κ2) is 7.15. The number of benzene rings is 2. The minimum absolute atomic E-state index is 0. The molecule has 2 aromatic heterocycles. The van der Waals surface area contributed by atoms with Crippen LogP contribution < -0.4 is 5.73 Å². The fraction of sp³-hybridized carbons (Fsp3) is 0.143. The molecule has 2 aromatic carbocycles. The Labute approximate surface area is 172 Å². The molecule has 0 saturated carbocycles. The first-order valence-corrected chi connectivity index (χ1v) is 8.91. The smallest absolute Gasteiger partial charge is 0.164 e. The van der Waals surface area contributed by atoms with Gasteiger partial charge >= 0.3 is 0 Å². The molecule has 0 amide bonds. The van der Waals surface area contributed by atoms with E-state index in [1.165, 1.54) is 29.6 Å². The monoisotopic (exact) mass is 406 g/mol. The van der Waals surface area contributed by atoms with Crippen molar-refractivity contribution < 1.29 is 4.39 Å². The summed E-state index contributed by atoms with van der Waals surface area (Å²) in [7, 11) is 0. The molecule has 2 heterocycles. The Bertz CT molecular complexity index is 1250. The second-order valence-electron chi connectivity index (χ2n) is 6.89. The number of nitrogens with two attached hydrogens (primary N) is 1. The Morgan fingerprint density at radius 1 is 1.10 bits per heavy atom. The highest BCUT2D eigenvalue weighted by atomic mass is 35.5. The van der Waals surface area contributed by atoms with Crippen LogP contribution in [0.5, 0.6) is 0 Å². The fourth-order valence-electron chi connectivity index (χ4n) is 3.92. The lowest BCUT2D eigenvalue weighted by Gasteiger charge is -2.10. The minimum Gasteiger partial charge on any atom is -0.383 e. The van der Waals surface area contributed by atoms with Gasteiger partial charge in [-0.15, -0.1) is 12.4 Å². The summed E-state index contributed by atoms with van der Waals surface area (Å²) in [6.07, 6.45) is 3.12. The van der Waals surface area contributed by atoms with E-state index in [0.717, 1.165) is 12.8 Å². The summed E-state index contributed by atoms with van der Waals surface area (Å²) in [5.41, 5.74) is 10.5. The van der Waals surface area contributed by atoms with Gasteiger partial charge in [-0.25, -0.2) is 19.0 Å². The zero-order chi connectivity index (χ0) is 19.3. The van der Waals surface area contributed by atoms with Crippen LogP contribution in [0.4, 0.5) is 10.2 Å². The normalized spacial score (nSPS) is 13.1. The van der Waals surface area contributed by atoms with Gasteiger partial charge in [-0.1, -0.05) is 24.3 Å². The van der Waals surface area contributed by atoms with Crippen LogP contribution in [0.15, 0.2) is 48.8 Å². The molecule has 1 aliphatic carbocycles. The summed E-state index contributed by atoms with van der Waals surface area (Å²) in [4.78, 5) is 8.53. The standard InChI is InChI=1S/C21H15FN6.ClH/c22-17-6-5-14(7-15(17)10-23)19-18-20(24)25-11-26-21(18)28(27-19)16-8-12-3-1-2-4-13(12)9-16;/h1-7,11,16H,8-9H2,(H2,24,25,26);1H. The van der Waals surface area contributed by atoms with Crippen LogP contribution in [0.2, 0.25) is 0 Å². The van der Waals surface area contributed by atoms with Gasteiger partial charge in [-0.3, -0.25) is 0 Å². The number of nitriles is 1. The van der Waals surface area contributed by atoms with Crippen molar-refractivity contribution in [3.63, 3.8) is 0 Å². The van der Waals surface area contributed by atoms with Crippen molar-refractivity contribution in [1.82, 2.24) is 19.7 Å². The van der Waals surface area contributed by atoms with E-state index in [-0.39, 0.29) is 24.0 Å². The molecule has 4 aromatic rings. The van der Waals surface area contributed by atoms with Gasteiger partial charge in [0.2, 0.25) is 0 Å². The quantitative estimate of drug-likeness (QED) is 0.545. The maximum absolute atomic E-state index is 13.8. The highest BCUT2D eigenvalue weighted by Crippen LogP contribution is 2.36. The lowest BCUT2D eigenvalue weighted by Crippen LogP contribution is -2.11. The number of anilines is 1. The highest BCUT2D eigenvalue weighted by Gasteiger charge is 2.27. The fourth-order valence-corrected chi connectivity index (χ4v) is 3.92. The lowest BCUT2D eigenvalue weighted by molar-refractivity contribution is 0.488. The van der Waals surface area contributed by atoms with Crippen molar-refractivity contribution in [3.8, 4) is 17.3 Å². The molecule has 0 fully saturated rings. The summed E-state index contributed by atoms with van der Waals surface area (Å²) in [6, 6.07) is 14.7. The molecule has 0 aliphatic heterocycles. The number of aromatic nitrogens is 4. The number of halogens is 2. The van der Waals surface area contributed by atoms with Crippen LogP contribution in [0.1, 0.15) is 22.7 Å². The van der Waals surface area contributed by atoms with Gasteiger partial charge < -0.3 is 5.73 Å². The number of nitrogens with zero attached hydrogens (tertiary/aromatic N) is 5. The van der Waals surface area contributed by atoms with E-state index in [0.29, 0.717) is 28.1 Å². The van der Waals surface area contributed by atoms with Crippen LogP contribution >= 0.6 is 12.4 Å². The SMILES string of the molecule is Cl.N#Cc1cc(-c2nn(C3Cc4ccccc4C3)c3ncnc(N)c23)ccc1F. The molecule has 6 nitrogen and oxygen atoms in total. The third-order valence-electron chi connectivity index (χ3n) is 5.25. The maximum Gasteiger partial charge on any atom is 0.164 e. The van der Waals surface area contributed by atoms with Crippen LogP contribution in [0, 0.1) is 17.1 Å². The molecule has 1 aliphatic rings. The Hall–Kier alpha value is -3.50. The molecular formula is C21H16ClFN6. The van der Waals surface area contributed by atoms with Crippen molar-refractivity contribution in [2.24, 2.45) is 0 Å². The molecule has 5 rings (SSSR count). The van der Waals surface area contributed by atoms with E-state index in [1.807, 2.05) is 22.9 Å². The minimum atomic E-state index is -0.564. The van der Waals surface area contributed by atoms with Crippen molar-refractivity contribution in [3.05, 3.63) is 71.3 Å². The largest absolute Gasteiger partial charge is 0.383 e. The third-order valence-corrected chi connectivity index (χ3v) is 5.25. The number of hydrogen-bond donors (Lipinski definition) is 1. The Morgan fingerprint density at radius 3 is 2.52 bits per heavy atom. The molecular weight excluding hydrogens is 391 g/mol. The van der Waals surface area contributed by atoms with E-state index in [2.05, 4.69) is 22.1 Å². The zero-order valence-electron chi connectivity index (χ0n) is 15.2. The number of hydrogen-bond acceptors (Lipinski definition) is 5. The molecule has 0 radical (unpaired) electrons. The molecule has 0 spiro atoms. The van der Waals surface area contributed by atoms with Gasteiger partial charge in [0.1, 0.15) is 29.7 Å². The van der Waals surface area contributed by atoms with E-state index in [4.69, 9.17) is 10.8 Å². The summed E-state index contributed by atoms with van der Waals surface area (Å²) in [5.74, 6) is -0.255. The van der Waals surface area contributed by atoms with Crippen molar-refractivity contribution in [2.45, 2.75) is 18.9 Å². The van der Waals surface area contributed by atoms with Crippen LogP contribution in [-0.2, 0) is 12.8 Å². The topological polar surface area (TPSA) is 93.4 Å². The predicted molar refractivity (Wildman–Crippen MR) is 110 cm³/mol. The summed E-state index contributed by atoms with van der Waals surface area (Å²) in [5, 5.41) is 14.6. The Balaban J connectivity index is 0.00000205. The van der Waals surface area contributed by atoms with E-state index >= 15 is 0 Å². The molecule has 8 heteroatoms. The highest BCUT2D eigenvalue weighted by molar-refractivity contribution is 5.98. The number of nitrogen functional groups attached to an aromatic ring is 1. The van der Waals surface area contributed by atoms with Gasteiger partial charge in [0.05, 0.1) is 17.0 Å². The first-order valence-electron chi connectivity index (χ1n) is 8.91. The van der Waals surface area contributed by atoms with Crippen molar-refractivity contribution in [1.29, 1.82) is 5.26 Å². The molecule has 0 atom stereocenters. The van der Waals surface area contributed by atoms with Gasteiger partial charge in [0, 0.05) is 5.56 Å². The summed E-state index contributed by atoms with van der Waals surface area (Å²) < 4.78 is 15.7. The summed E-state index contributed by atoms with van der Waals surface area (Å²) >= 11 is 0. The first kappa shape index (κ1) is 18.8. The van der Waals surface area contributed by atoms with Gasteiger partial charge in [0.15, 0.2) is 5.65 Å². The van der Waals surface area contributed by atoms with Crippen molar-refractivity contribution in [2.75, 3.05) is 5.73 Å². The molecule has 0 unspecified atom stereocenters. The third kappa shape index (κ3) is 2.98. The van der Waals surface area contributed by atoms with Crippen LogP contribution in [0.25, 0.3) is 22.3 Å². The van der Waals surface area contributed by atoms with Crippen LogP contribution in [-0.4, -0.2) is 19.7 Å². The van der Waals surface area contributed by atoms with Gasteiger partial charge in [-0.05, 0) is 42.2 Å². The molecule has 2 N–H and O–H groups in total. The summed E-state index contributed by atoms with van der Waals surface area (Å²) in [6.45, 7) is 0. The molecule has 0 saturated heterocycles. The Morgan fingerprint density at radius 2 is 1.83 bits per heavy atom. The Kier molecular flexibility index (Phi) is 4.65. The molecule has 0 bridgehead atoms. The van der Waals surface area contributed by atoms with E-state index in [9.17, 15) is 9.65 Å². The average Bonchev–Trinajstić information content (AvgIpc) is 3.30. The van der Waals surface area contributed by atoms with Crippen molar-refractivity contribution >= 4 is 29.3 Å². The van der Waals surface area contributed by atoms with E-state index in [1.54, 1.807) is 6.07 Å². The second-order valence-corrected chi connectivity index (χ2v) is 6.89. The maximum atomic E-state index is 13.8. The van der Waals surface area contributed by atoms with Gasteiger partial charge in [-0.2, -0.15) is 10.4 Å². The van der Waals surface area contributed by atoms with E-state index < -0.39 is 5.82 Å². The predicted octanol–water partition coefficient (Wildman–Crippen LogP) is 3.85.